The van der Waals surface area contributed by atoms with Crippen LogP contribution in [-0.4, -0.2) is 50.4 Å². The maximum atomic E-state index is 14.7. The third-order valence-electron chi connectivity index (χ3n) is 7.38. The summed E-state index contributed by atoms with van der Waals surface area (Å²) in [5, 5.41) is 5.32. The molecule has 2 aromatic carbocycles. The van der Waals surface area contributed by atoms with Crippen LogP contribution in [0.4, 0.5) is 8.78 Å². The fourth-order valence-electron chi connectivity index (χ4n) is 4.43. The largest absolute Gasteiger partial charge is 0.355 e. The summed E-state index contributed by atoms with van der Waals surface area (Å²) >= 11 is 0. The Balaban J connectivity index is 2.14. The molecule has 2 unspecified atom stereocenters. The molecule has 2 N–H and O–H groups in total. The van der Waals surface area contributed by atoms with Crippen molar-refractivity contribution >= 4 is 11.8 Å². The standard InChI is InChI=1S/C28H39F2N3O2/c1-7-28(3,8-2)23(19-12-10-9-11-13-19)17-26(34)32-18-21(33(5)6)14-20-15-25(30)22(16-24(20)29)27(35)31-4/h9-13,15-16,21,23H,7-8,14,17-18H2,1-6H3,(H,31,35)(H,32,34). The van der Waals surface area contributed by atoms with E-state index in [0.29, 0.717) is 13.0 Å². The number of likely N-dealkylation sites (N-methyl/N-ethyl adjacent to an activating group) is 1. The molecule has 2 rings (SSSR count). The molecule has 0 aliphatic heterocycles. The molecule has 0 aliphatic carbocycles. The van der Waals surface area contributed by atoms with Gasteiger partial charge in [0, 0.05) is 26.1 Å². The number of carbonyl (C=O) groups is 2. The van der Waals surface area contributed by atoms with Gasteiger partial charge in [-0.25, -0.2) is 8.78 Å². The van der Waals surface area contributed by atoms with Gasteiger partial charge >= 0.3 is 0 Å². The van der Waals surface area contributed by atoms with Crippen LogP contribution >= 0.6 is 0 Å². The lowest BCUT2D eigenvalue weighted by Gasteiger charge is -2.37. The van der Waals surface area contributed by atoms with Gasteiger partial charge < -0.3 is 15.5 Å². The van der Waals surface area contributed by atoms with E-state index in [-0.39, 0.29) is 40.8 Å². The molecule has 0 fully saturated rings. The van der Waals surface area contributed by atoms with Gasteiger partial charge in [0.05, 0.1) is 5.56 Å². The second-order valence-electron chi connectivity index (χ2n) is 9.66. The zero-order valence-electron chi connectivity index (χ0n) is 21.8. The zero-order valence-corrected chi connectivity index (χ0v) is 21.8. The first-order valence-electron chi connectivity index (χ1n) is 12.2. The summed E-state index contributed by atoms with van der Waals surface area (Å²) in [6, 6.07) is 11.9. The minimum atomic E-state index is -0.772. The van der Waals surface area contributed by atoms with Crippen LogP contribution in [0.1, 0.15) is 67.4 Å². The van der Waals surface area contributed by atoms with Crippen molar-refractivity contribution < 1.29 is 18.4 Å². The highest BCUT2D eigenvalue weighted by molar-refractivity contribution is 5.94. The van der Waals surface area contributed by atoms with Crippen molar-refractivity contribution in [3.8, 4) is 0 Å². The van der Waals surface area contributed by atoms with Gasteiger partial charge in [0.25, 0.3) is 5.91 Å². The van der Waals surface area contributed by atoms with Gasteiger partial charge in [-0.1, -0.05) is 63.9 Å². The Bertz CT molecular complexity index is 991. The Labute approximate surface area is 208 Å². The van der Waals surface area contributed by atoms with E-state index in [1.807, 2.05) is 37.2 Å². The molecule has 0 saturated carbocycles. The van der Waals surface area contributed by atoms with E-state index in [4.69, 9.17) is 0 Å². The first kappa shape index (κ1) is 28.4. The molecular formula is C28H39F2N3O2. The lowest BCUT2D eigenvalue weighted by molar-refractivity contribution is -0.122. The average Bonchev–Trinajstić information content (AvgIpc) is 2.86. The summed E-state index contributed by atoms with van der Waals surface area (Å²) in [6.45, 7) is 6.83. The molecular weight excluding hydrogens is 448 g/mol. The monoisotopic (exact) mass is 487 g/mol. The third-order valence-corrected chi connectivity index (χ3v) is 7.38. The summed E-state index contributed by atoms with van der Waals surface area (Å²) < 4.78 is 29.1. The molecule has 2 aromatic rings. The molecule has 0 heterocycles. The van der Waals surface area contributed by atoms with Crippen molar-refractivity contribution in [2.75, 3.05) is 27.7 Å². The fraction of sp³-hybridized carbons (Fsp3) is 0.500. The van der Waals surface area contributed by atoms with Crippen LogP contribution in [0.15, 0.2) is 42.5 Å². The van der Waals surface area contributed by atoms with Crippen molar-refractivity contribution in [3.63, 3.8) is 0 Å². The number of halogens is 2. The molecule has 192 valence electrons. The van der Waals surface area contributed by atoms with Crippen molar-refractivity contribution in [2.24, 2.45) is 5.41 Å². The average molecular weight is 488 g/mol. The summed E-state index contributed by atoms with van der Waals surface area (Å²) in [4.78, 5) is 26.7. The topological polar surface area (TPSA) is 61.4 Å². The van der Waals surface area contributed by atoms with Crippen LogP contribution in [0.2, 0.25) is 0 Å². The van der Waals surface area contributed by atoms with Crippen LogP contribution < -0.4 is 10.6 Å². The number of hydrogen-bond acceptors (Lipinski definition) is 3. The van der Waals surface area contributed by atoms with Gasteiger partial charge in [-0.2, -0.15) is 0 Å². The number of hydrogen-bond donors (Lipinski definition) is 2. The van der Waals surface area contributed by atoms with Gasteiger partial charge in [0.1, 0.15) is 11.6 Å². The van der Waals surface area contributed by atoms with Crippen LogP contribution in [0.25, 0.3) is 0 Å². The first-order chi connectivity index (χ1) is 16.6. The molecule has 2 atom stereocenters. The number of nitrogens with zero attached hydrogens (tertiary/aromatic N) is 1. The third kappa shape index (κ3) is 7.34. The van der Waals surface area contributed by atoms with Gasteiger partial charge in [-0.15, -0.1) is 0 Å². The number of carbonyl (C=O) groups excluding carboxylic acids is 2. The summed E-state index contributed by atoms with van der Waals surface area (Å²) in [5.74, 6) is -2.09. The van der Waals surface area contributed by atoms with Crippen molar-refractivity contribution in [1.82, 2.24) is 15.5 Å². The van der Waals surface area contributed by atoms with E-state index in [9.17, 15) is 18.4 Å². The Hall–Kier alpha value is -2.80. The number of amides is 2. The number of nitrogens with one attached hydrogen (secondary N) is 2. The van der Waals surface area contributed by atoms with Gasteiger partial charge in [-0.05, 0) is 55.1 Å². The van der Waals surface area contributed by atoms with E-state index in [1.165, 1.54) is 7.05 Å². The molecule has 0 spiro atoms. The highest BCUT2D eigenvalue weighted by atomic mass is 19.1. The second-order valence-corrected chi connectivity index (χ2v) is 9.66. The van der Waals surface area contributed by atoms with Crippen LogP contribution in [0.5, 0.6) is 0 Å². The van der Waals surface area contributed by atoms with E-state index in [2.05, 4.69) is 43.5 Å². The van der Waals surface area contributed by atoms with Crippen molar-refractivity contribution in [2.45, 2.75) is 58.4 Å². The van der Waals surface area contributed by atoms with E-state index < -0.39 is 17.5 Å². The Kier molecular flexibility index (Phi) is 10.4. The molecule has 0 radical (unpaired) electrons. The van der Waals surface area contributed by atoms with E-state index in [1.54, 1.807) is 0 Å². The molecule has 0 bridgehead atoms. The van der Waals surface area contributed by atoms with Crippen molar-refractivity contribution in [1.29, 1.82) is 0 Å². The van der Waals surface area contributed by atoms with E-state index >= 15 is 0 Å². The predicted octanol–water partition coefficient (Wildman–Crippen LogP) is 4.91. The molecule has 35 heavy (non-hydrogen) atoms. The molecule has 5 nitrogen and oxygen atoms in total. The van der Waals surface area contributed by atoms with Gasteiger partial charge in [0.15, 0.2) is 0 Å². The summed E-state index contributed by atoms with van der Waals surface area (Å²) in [5.41, 5.74) is 0.958. The maximum Gasteiger partial charge on any atom is 0.254 e. The molecule has 7 heteroatoms. The van der Waals surface area contributed by atoms with Crippen molar-refractivity contribution in [3.05, 3.63) is 70.8 Å². The Morgan fingerprint density at radius 3 is 2.20 bits per heavy atom. The normalized spacial score (nSPS) is 13.4. The molecule has 0 aromatic heterocycles. The lowest BCUT2D eigenvalue weighted by atomic mass is 9.68. The lowest BCUT2D eigenvalue weighted by Crippen LogP contribution is -2.42. The summed E-state index contributed by atoms with van der Waals surface area (Å²) in [6.07, 6.45) is 2.45. The number of benzene rings is 2. The molecule has 0 saturated heterocycles. The highest BCUT2D eigenvalue weighted by Crippen LogP contribution is 2.43. The van der Waals surface area contributed by atoms with Gasteiger partial charge in [0.2, 0.25) is 5.91 Å². The zero-order chi connectivity index (χ0) is 26.2. The van der Waals surface area contributed by atoms with Gasteiger partial charge in [-0.3, -0.25) is 9.59 Å². The quantitative estimate of drug-likeness (QED) is 0.447. The fourth-order valence-corrected chi connectivity index (χ4v) is 4.43. The minimum absolute atomic E-state index is 0.0210. The number of rotatable bonds is 12. The molecule has 2 amide bonds. The van der Waals surface area contributed by atoms with Crippen LogP contribution in [0.3, 0.4) is 0 Å². The smallest absolute Gasteiger partial charge is 0.254 e. The SMILES string of the molecule is CCC(C)(CC)C(CC(=O)NCC(Cc1cc(F)c(C(=O)NC)cc1F)N(C)C)c1ccccc1. The highest BCUT2D eigenvalue weighted by Gasteiger charge is 2.33. The molecule has 0 aliphatic rings. The Morgan fingerprint density at radius 1 is 1.03 bits per heavy atom. The first-order valence-corrected chi connectivity index (χ1v) is 12.2. The van der Waals surface area contributed by atoms with Crippen LogP contribution in [-0.2, 0) is 11.2 Å². The van der Waals surface area contributed by atoms with E-state index in [0.717, 1.165) is 30.5 Å². The Morgan fingerprint density at radius 2 is 1.66 bits per heavy atom. The minimum Gasteiger partial charge on any atom is -0.355 e. The predicted molar refractivity (Wildman–Crippen MR) is 136 cm³/mol. The van der Waals surface area contributed by atoms with Crippen LogP contribution in [0, 0.1) is 17.0 Å². The summed E-state index contributed by atoms with van der Waals surface area (Å²) in [7, 11) is 5.04. The second kappa shape index (κ2) is 12.8. The maximum absolute atomic E-state index is 14.7.